The van der Waals surface area contributed by atoms with Crippen LogP contribution in [0.5, 0.6) is 0 Å². The molecule has 1 heteroatoms. The van der Waals surface area contributed by atoms with Crippen molar-refractivity contribution in [2.75, 3.05) is 0 Å². The highest BCUT2D eigenvalue weighted by molar-refractivity contribution is 6.30. The molecule has 56 valence electrons. The van der Waals surface area contributed by atoms with Crippen LogP contribution in [0.15, 0.2) is 43.0 Å². The van der Waals surface area contributed by atoms with Gasteiger partial charge in [0.15, 0.2) is 0 Å². The van der Waals surface area contributed by atoms with Crippen molar-refractivity contribution in [3.63, 3.8) is 0 Å². The van der Waals surface area contributed by atoms with Gasteiger partial charge in [0.2, 0.25) is 0 Å². The van der Waals surface area contributed by atoms with E-state index in [0.717, 1.165) is 5.56 Å². The van der Waals surface area contributed by atoms with Gasteiger partial charge in [0.25, 0.3) is 0 Å². The minimum atomic E-state index is 0.446. The van der Waals surface area contributed by atoms with E-state index >= 15 is 0 Å². The number of hydrogen-bond donors (Lipinski definition) is 0. The third-order valence-corrected chi connectivity index (χ3v) is 1.46. The van der Waals surface area contributed by atoms with Crippen LogP contribution in [0.2, 0.25) is 5.02 Å². The molecule has 1 rings (SSSR count). The fraction of sp³-hybridized carbons (Fsp3) is 0. The summed E-state index contributed by atoms with van der Waals surface area (Å²) >= 11 is 5.69. The normalized spacial score (nSPS) is 12.5. The third-order valence-electron chi connectivity index (χ3n) is 1.21. The maximum absolute atomic E-state index is 7.53. The molecule has 0 saturated carbocycles. The number of hydrogen-bond acceptors (Lipinski definition) is 0. The SMILES string of the molecule is [2H]/C(=C\C=C)c1ccc(Cl)cc1. The van der Waals surface area contributed by atoms with Gasteiger partial charge in [0.05, 0.1) is 1.37 Å². The topological polar surface area (TPSA) is 0 Å². The molecule has 0 radical (unpaired) electrons. The molecule has 0 unspecified atom stereocenters. The molecule has 0 bridgehead atoms. The Morgan fingerprint density at radius 2 is 2.00 bits per heavy atom. The van der Waals surface area contributed by atoms with E-state index in [9.17, 15) is 0 Å². The predicted octanol–water partition coefficient (Wildman–Crippen LogP) is 3.54. The van der Waals surface area contributed by atoms with Crippen molar-refractivity contribution in [3.8, 4) is 0 Å². The average Bonchev–Trinajstić information content (AvgIpc) is 2.06. The van der Waals surface area contributed by atoms with Crippen molar-refractivity contribution >= 4 is 17.7 Å². The monoisotopic (exact) mass is 165 g/mol. The fourth-order valence-corrected chi connectivity index (χ4v) is 0.827. The molecule has 1 aromatic carbocycles. The highest BCUT2D eigenvalue weighted by Gasteiger charge is 1.85. The molecule has 0 saturated heterocycles. The van der Waals surface area contributed by atoms with Gasteiger partial charge in [0, 0.05) is 5.02 Å². The average molecular weight is 166 g/mol. The highest BCUT2D eigenvalue weighted by atomic mass is 35.5. The number of benzene rings is 1. The maximum Gasteiger partial charge on any atom is 0.0629 e. The zero-order valence-electron chi connectivity index (χ0n) is 7.05. The van der Waals surface area contributed by atoms with Crippen molar-refractivity contribution in [2.45, 2.75) is 0 Å². The van der Waals surface area contributed by atoms with E-state index in [0.29, 0.717) is 11.1 Å². The van der Waals surface area contributed by atoms with E-state index in [-0.39, 0.29) is 0 Å². The van der Waals surface area contributed by atoms with Crippen molar-refractivity contribution in [1.82, 2.24) is 0 Å². The first-order chi connectivity index (χ1) is 5.74. The lowest BCUT2D eigenvalue weighted by atomic mass is 10.2. The van der Waals surface area contributed by atoms with E-state index < -0.39 is 0 Å². The van der Waals surface area contributed by atoms with E-state index in [2.05, 4.69) is 6.58 Å². The zero-order chi connectivity index (χ0) is 8.97. The summed E-state index contributed by atoms with van der Waals surface area (Å²) in [5, 5.41) is 0.685. The van der Waals surface area contributed by atoms with Crippen LogP contribution in [0.4, 0.5) is 0 Å². The highest BCUT2D eigenvalue weighted by Crippen LogP contribution is 2.10. The molecule has 0 aliphatic carbocycles. The quantitative estimate of drug-likeness (QED) is 0.588. The van der Waals surface area contributed by atoms with Crippen LogP contribution >= 0.6 is 11.6 Å². The third kappa shape index (κ3) is 2.60. The lowest BCUT2D eigenvalue weighted by molar-refractivity contribution is 1.66. The second-order valence-electron chi connectivity index (χ2n) is 2.05. The van der Waals surface area contributed by atoms with Gasteiger partial charge in [-0.05, 0) is 17.7 Å². The Balaban J connectivity index is 2.97. The molecule has 0 nitrogen and oxygen atoms in total. The number of rotatable bonds is 2. The van der Waals surface area contributed by atoms with Gasteiger partial charge in [-0.15, -0.1) is 0 Å². The first-order valence-electron chi connectivity index (χ1n) is 3.79. The Labute approximate surface area is 73.2 Å². The zero-order valence-corrected chi connectivity index (χ0v) is 6.81. The lowest BCUT2D eigenvalue weighted by Crippen LogP contribution is -1.68. The Morgan fingerprint density at radius 1 is 1.36 bits per heavy atom. The molecule has 0 fully saturated rings. The first-order valence-corrected chi connectivity index (χ1v) is 3.67. The van der Waals surface area contributed by atoms with Crippen molar-refractivity contribution in [1.29, 1.82) is 0 Å². The molecule has 11 heavy (non-hydrogen) atoms. The van der Waals surface area contributed by atoms with Gasteiger partial charge in [0.1, 0.15) is 0 Å². The molecule has 0 aliphatic heterocycles. The van der Waals surface area contributed by atoms with Crippen LogP contribution in [-0.4, -0.2) is 0 Å². The summed E-state index contributed by atoms with van der Waals surface area (Å²) < 4.78 is 7.53. The van der Waals surface area contributed by atoms with E-state index in [1.165, 1.54) is 0 Å². The summed E-state index contributed by atoms with van der Waals surface area (Å²) in [7, 11) is 0. The van der Waals surface area contributed by atoms with Crippen LogP contribution in [0.3, 0.4) is 0 Å². The largest absolute Gasteiger partial charge is 0.0991 e. The van der Waals surface area contributed by atoms with Gasteiger partial charge in [-0.2, -0.15) is 0 Å². The van der Waals surface area contributed by atoms with Crippen LogP contribution < -0.4 is 0 Å². The minimum Gasteiger partial charge on any atom is -0.0991 e. The smallest absolute Gasteiger partial charge is 0.0629 e. The van der Waals surface area contributed by atoms with Crippen molar-refractivity contribution in [2.24, 2.45) is 0 Å². The molecule has 0 spiro atoms. The Kier molecular flexibility index (Phi) is 2.43. The number of allylic oxidation sites excluding steroid dienone is 2. The molecule has 0 aliphatic rings. The fourth-order valence-electron chi connectivity index (χ4n) is 0.701. The van der Waals surface area contributed by atoms with Crippen LogP contribution in [0, 0.1) is 0 Å². The van der Waals surface area contributed by atoms with Crippen LogP contribution in [0.1, 0.15) is 6.93 Å². The first kappa shape index (κ1) is 6.68. The van der Waals surface area contributed by atoms with E-state index in [4.69, 9.17) is 13.0 Å². The minimum absolute atomic E-state index is 0.446. The van der Waals surface area contributed by atoms with Crippen molar-refractivity contribution in [3.05, 3.63) is 53.6 Å². The molecule has 0 amide bonds. The van der Waals surface area contributed by atoms with Gasteiger partial charge in [-0.1, -0.05) is 48.5 Å². The Morgan fingerprint density at radius 3 is 2.55 bits per heavy atom. The second kappa shape index (κ2) is 3.99. The standard InChI is InChI=1S/C10H9Cl/c1-2-3-4-9-5-7-10(11)8-6-9/h2-8H,1H2/b4-3+/i4D. The second-order valence-corrected chi connectivity index (χ2v) is 2.49. The van der Waals surface area contributed by atoms with Crippen molar-refractivity contribution < 1.29 is 1.37 Å². The van der Waals surface area contributed by atoms with Crippen LogP contribution in [-0.2, 0) is 0 Å². The molecular weight excluding hydrogens is 156 g/mol. The maximum atomic E-state index is 7.53. The molecule has 0 aromatic heterocycles. The lowest BCUT2D eigenvalue weighted by Gasteiger charge is -1.91. The van der Waals surface area contributed by atoms with E-state index in [1.807, 2.05) is 12.1 Å². The Hall–Kier alpha value is -1.01. The summed E-state index contributed by atoms with van der Waals surface area (Å²) in [5.74, 6) is 0. The summed E-state index contributed by atoms with van der Waals surface area (Å²) in [4.78, 5) is 0. The van der Waals surface area contributed by atoms with Crippen LogP contribution in [0.25, 0.3) is 6.05 Å². The summed E-state index contributed by atoms with van der Waals surface area (Å²) in [6.45, 7) is 3.52. The van der Waals surface area contributed by atoms with Gasteiger partial charge in [-0.3, -0.25) is 0 Å². The summed E-state index contributed by atoms with van der Waals surface area (Å²) in [5.41, 5.74) is 0.847. The Bertz CT molecular complexity index is 298. The molecule has 0 heterocycles. The van der Waals surface area contributed by atoms with E-state index in [1.54, 1.807) is 24.3 Å². The molecule has 1 aromatic rings. The molecular formula is C10H9Cl. The summed E-state index contributed by atoms with van der Waals surface area (Å²) in [6.07, 6.45) is 3.24. The summed E-state index contributed by atoms with van der Waals surface area (Å²) in [6, 6.07) is 7.60. The number of halogens is 1. The predicted molar refractivity (Wildman–Crippen MR) is 50.7 cm³/mol. The van der Waals surface area contributed by atoms with Gasteiger partial charge >= 0.3 is 0 Å². The van der Waals surface area contributed by atoms with Gasteiger partial charge < -0.3 is 0 Å². The van der Waals surface area contributed by atoms with Gasteiger partial charge in [-0.25, -0.2) is 0 Å². The molecule has 0 atom stereocenters. The molecule has 0 N–H and O–H groups in total.